The first-order valence-corrected chi connectivity index (χ1v) is 40.8. The summed E-state index contributed by atoms with van der Waals surface area (Å²) in [4.78, 5) is 79.0. The van der Waals surface area contributed by atoms with Gasteiger partial charge in [-0.2, -0.15) is 36.3 Å². The van der Waals surface area contributed by atoms with E-state index in [1.165, 1.54) is 14.2 Å². The lowest BCUT2D eigenvalue weighted by Gasteiger charge is -2.42. The van der Waals surface area contributed by atoms with E-state index in [4.69, 9.17) is 27.6 Å². The Balaban J connectivity index is 0.000000218. The van der Waals surface area contributed by atoms with Crippen LogP contribution in [0, 0.1) is 0 Å². The second kappa shape index (κ2) is 35.5. The van der Waals surface area contributed by atoms with Crippen LogP contribution in [0.15, 0.2) is 73.1 Å². The second-order valence-electron chi connectivity index (χ2n) is 28.2. The van der Waals surface area contributed by atoms with E-state index in [0.29, 0.717) is 82.7 Å². The van der Waals surface area contributed by atoms with Crippen LogP contribution in [0.1, 0.15) is 170 Å². The molecule has 4 fully saturated rings. The second-order valence-corrected chi connectivity index (χ2v) is 32.3. The molecule has 6 aliphatic rings. The molecule has 2 aliphatic carbocycles. The standard InChI is InChI=1S/2C38H49F3N7O6P/c2*1-6-53-55(51,54-7-2)23-25-8-14-31(33(20-25)52-5)44-37-42-21-30(38(39,40)41)35(45-37)43-32-15-13-28(29-22-46(4)36(50)34(29)32)26-9-11-27(12-10-26)48-18-16-47(17-19-48)24(3)49/h2*8,13-15,20-21,26-27H,6-7,9-12,16-19,22-23H2,1-5H3,(H2,42,43,44,45). The van der Waals surface area contributed by atoms with Gasteiger partial charge >= 0.3 is 27.5 Å². The summed E-state index contributed by atoms with van der Waals surface area (Å²) >= 11 is 0. The number of ether oxygens (including phenoxy) is 2. The number of hydrogen-bond donors (Lipinski definition) is 4. The van der Waals surface area contributed by atoms with E-state index >= 15 is 0 Å². The van der Waals surface area contributed by atoms with Crippen molar-refractivity contribution in [1.82, 2.24) is 49.3 Å². The van der Waals surface area contributed by atoms with Crippen LogP contribution in [0.5, 0.6) is 11.5 Å². The molecule has 0 unspecified atom stereocenters. The number of alkyl halides is 6. The molecule has 110 heavy (non-hydrogen) atoms. The van der Waals surface area contributed by atoms with Crippen molar-refractivity contribution >= 4 is 85.1 Å². The molecule has 2 aromatic heterocycles. The SMILES string of the molecule is CCOP(=O)(Cc1ccc(Nc2ncc(C(F)(F)F)c(Nc3ccc(C4CCC(N5CCN(C(C)=O)CC5)CC4)c4c3C(=O)N(C)C4)n2)c(OC)c1)OCC.CCOP(=O)(Cc1ccc(Nc2ncc(C(F)(F)F)c(Nc3ccc(C4CCC(N5CCN(C(C)=O)CC5)CC4)c4c3C(=O)N(C)C4)n2)c(OC)c1)OCC. The van der Waals surface area contributed by atoms with Gasteiger partial charge in [-0.25, -0.2) is 9.97 Å². The van der Waals surface area contributed by atoms with Crippen molar-refractivity contribution in [3.05, 3.63) is 129 Å². The summed E-state index contributed by atoms with van der Waals surface area (Å²) in [6.07, 6.45) is -0.542. The van der Waals surface area contributed by atoms with Gasteiger partial charge in [0, 0.05) is 118 Å². The first-order valence-electron chi connectivity index (χ1n) is 37.3. The van der Waals surface area contributed by atoms with Gasteiger partial charge in [0.2, 0.25) is 23.7 Å². The Hall–Kier alpha value is -8.48. The summed E-state index contributed by atoms with van der Waals surface area (Å²) in [7, 11) is -0.583. The largest absolute Gasteiger partial charge is 0.495 e. The smallest absolute Gasteiger partial charge is 0.421 e. The number of nitrogens with zero attached hydrogens (tertiary/aromatic N) is 10. The zero-order valence-electron chi connectivity index (χ0n) is 63.7. The van der Waals surface area contributed by atoms with Crippen LogP contribution in [0.4, 0.5) is 72.6 Å². The fourth-order valence-corrected chi connectivity index (χ4v) is 19.2. The van der Waals surface area contributed by atoms with Crippen LogP contribution < -0.4 is 30.7 Å². The third-order valence-corrected chi connectivity index (χ3v) is 25.3. The van der Waals surface area contributed by atoms with Gasteiger partial charge in [0.05, 0.1) is 86.8 Å². The number of rotatable bonds is 26. The zero-order chi connectivity index (χ0) is 79.0. The molecule has 0 radical (unpaired) electrons. The molecule has 2 saturated carbocycles. The molecule has 0 atom stereocenters. The maximum absolute atomic E-state index is 14.4. The highest BCUT2D eigenvalue weighted by Gasteiger charge is 2.42. The molecule has 26 nitrogen and oxygen atoms in total. The molecule has 0 spiro atoms. The number of hydrogen-bond acceptors (Lipinski definition) is 22. The number of nitrogens with one attached hydrogen (secondary N) is 4. The normalized spacial score (nSPS) is 19.4. The van der Waals surface area contributed by atoms with Gasteiger partial charge in [0.25, 0.3) is 11.8 Å². The molecule has 4 aromatic carbocycles. The molecule has 6 aromatic rings. The van der Waals surface area contributed by atoms with E-state index < -0.39 is 50.3 Å². The minimum Gasteiger partial charge on any atom is -0.495 e. The Labute approximate surface area is 637 Å². The lowest BCUT2D eigenvalue weighted by molar-refractivity contribution is -0.138. The van der Waals surface area contributed by atoms with Crippen molar-refractivity contribution < 1.29 is 82.2 Å². The zero-order valence-corrected chi connectivity index (χ0v) is 65.5. The van der Waals surface area contributed by atoms with Crippen LogP contribution in [-0.4, -0.2) is 192 Å². The molecule has 0 bridgehead atoms. The molecule has 12 rings (SSSR count). The monoisotopic (exact) mass is 1570 g/mol. The van der Waals surface area contributed by atoms with E-state index in [0.717, 1.165) is 126 Å². The number of benzene rings is 4. The molecule has 4 amide bonds. The van der Waals surface area contributed by atoms with Crippen molar-refractivity contribution in [2.24, 2.45) is 0 Å². The third kappa shape index (κ3) is 19.3. The van der Waals surface area contributed by atoms with Gasteiger partial charge in [0.15, 0.2) is 0 Å². The summed E-state index contributed by atoms with van der Waals surface area (Å²) in [6.45, 7) is 18.0. The molecule has 596 valence electrons. The Bertz CT molecular complexity index is 4120. The topological polar surface area (TPSA) is 277 Å². The Morgan fingerprint density at radius 2 is 0.827 bits per heavy atom. The Morgan fingerprint density at radius 1 is 0.491 bits per heavy atom. The average Bonchev–Trinajstić information content (AvgIpc) is 1.66. The molecule has 2 saturated heterocycles. The quantitative estimate of drug-likeness (QED) is 0.0290. The fraction of sp³-hybridized carbons (Fsp3) is 0.526. The number of methoxy groups -OCH3 is 2. The molecule has 4 N–H and O–H groups in total. The first kappa shape index (κ1) is 82.5. The summed E-state index contributed by atoms with van der Waals surface area (Å²) in [6, 6.07) is 17.9. The van der Waals surface area contributed by atoms with Gasteiger partial charge in [-0.3, -0.25) is 38.1 Å². The predicted octanol–water partition coefficient (Wildman–Crippen LogP) is 15.1. The van der Waals surface area contributed by atoms with Crippen LogP contribution in [0.25, 0.3) is 0 Å². The maximum Gasteiger partial charge on any atom is 0.421 e. The van der Waals surface area contributed by atoms with Gasteiger partial charge in [-0.15, -0.1) is 0 Å². The number of piperazine rings is 2. The summed E-state index contributed by atoms with van der Waals surface area (Å²) in [5, 5.41) is 11.6. The van der Waals surface area contributed by atoms with Crippen LogP contribution in [0.3, 0.4) is 0 Å². The maximum atomic E-state index is 14.4. The number of halogens is 6. The number of aromatic nitrogens is 4. The first-order chi connectivity index (χ1) is 52.5. The number of fused-ring (bicyclic) bond motifs is 2. The van der Waals surface area contributed by atoms with Crippen molar-refractivity contribution in [2.45, 2.75) is 155 Å². The minimum absolute atomic E-state index is 0.00476. The Kier molecular flexibility index (Phi) is 26.6. The lowest BCUT2D eigenvalue weighted by Crippen LogP contribution is -2.52. The van der Waals surface area contributed by atoms with Crippen LogP contribution in [-0.2, 0) is 74.6 Å². The van der Waals surface area contributed by atoms with Crippen molar-refractivity contribution in [1.29, 1.82) is 0 Å². The summed E-state index contributed by atoms with van der Waals surface area (Å²) < 4.78 is 145. The van der Waals surface area contributed by atoms with Gasteiger partial charge in [0.1, 0.15) is 34.3 Å². The highest BCUT2D eigenvalue weighted by molar-refractivity contribution is 7.53. The number of carbonyl (C=O) groups is 4. The average molecular weight is 1580 g/mol. The van der Waals surface area contributed by atoms with Crippen molar-refractivity contribution in [3.8, 4) is 11.5 Å². The molecular formula is C76H98F6N14O12P2. The highest BCUT2D eigenvalue weighted by Crippen LogP contribution is 2.54. The van der Waals surface area contributed by atoms with Crippen molar-refractivity contribution in [2.75, 3.05) is 128 Å². The van der Waals surface area contributed by atoms with E-state index in [-0.39, 0.29) is 97.5 Å². The van der Waals surface area contributed by atoms with E-state index in [2.05, 4.69) is 51.0 Å². The van der Waals surface area contributed by atoms with E-state index in [9.17, 15) is 54.7 Å². The Morgan fingerprint density at radius 3 is 1.14 bits per heavy atom. The van der Waals surface area contributed by atoms with E-state index in [1.807, 2.05) is 21.9 Å². The van der Waals surface area contributed by atoms with Crippen LogP contribution in [0.2, 0.25) is 0 Å². The molecule has 4 aliphatic heterocycles. The van der Waals surface area contributed by atoms with Gasteiger partial charge in [-0.05, 0) is 161 Å². The minimum atomic E-state index is -4.80. The van der Waals surface area contributed by atoms with E-state index in [1.54, 1.807) is 114 Å². The predicted molar refractivity (Wildman–Crippen MR) is 404 cm³/mol. The lowest BCUT2D eigenvalue weighted by atomic mass is 9.78. The van der Waals surface area contributed by atoms with Crippen molar-refractivity contribution in [3.63, 3.8) is 0 Å². The fourth-order valence-electron chi connectivity index (χ4n) is 15.8. The molecular weight excluding hydrogens is 1480 g/mol. The molecule has 34 heteroatoms. The van der Waals surface area contributed by atoms with Crippen LogP contribution >= 0.6 is 15.2 Å². The summed E-state index contributed by atoms with van der Waals surface area (Å²) in [5.74, 6) is -0.627. The van der Waals surface area contributed by atoms with Gasteiger partial charge in [-0.1, -0.05) is 24.3 Å². The van der Waals surface area contributed by atoms with Gasteiger partial charge < -0.3 is 68.4 Å². The molecule has 6 heterocycles. The highest BCUT2D eigenvalue weighted by atomic mass is 31.2. The summed E-state index contributed by atoms with van der Waals surface area (Å²) in [5.41, 5.74) is 4.62. The number of anilines is 8. The third-order valence-electron chi connectivity index (χ3n) is 21.2. The number of amides is 4. The number of carbonyl (C=O) groups excluding carboxylic acids is 4.